The average molecular weight is 459 g/mol. The number of anilines is 1. The molecule has 3 aromatic rings. The zero-order valence-corrected chi connectivity index (χ0v) is 16.5. The van der Waals surface area contributed by atoms with Gasteiger partial charge in [0.05, 0.1) is 17.5 Å². The van der Waals surface area contributed by atoms with Gasteiger partial charge < -0.3 is 9.64 Å². The number of hydrogen-bond acceptors (Lipinski definition) is 3. The zero-order chi connectivity index (χ0) is 17.9. The molecule has 1 amide bonds. The summed E-state index contributed by atoms with van der Waals surface area (Å²) in [5.74, 6) is 0.425. The highest BCUT2D eigenvalue weighted by Crippen LogP contribution is 2.66. The number of rotatable bonds is 4. The predicted molar refractivity (Wildman–Crippen MR) is 109 cm³/mol. The first-order chi connectivity index (χ1) is 12.7. The fraction of sp³-hybridized carbons (Fsp3) is 0.300. The van der Waals surface area contributed by atoms with E-state index in [-0.39, 0.29) is 11.8 Å². The lowest BCUT2D eigenvalue weighted by Crippen LogP contribution is -2.35. The Morgan fingerprint density at radius 1 is 1.35 bits per heavy atom. The van der Waals surface area contributed by atoms with Crippen molar-refractivity contribution in [2.24, 2.45) is 0 Å². The number of carbonyl (C=O) groups excluding carboxylic acids is 1. The molecule has 0 unspecified atom stereocenters. The van der Waals surface area contributed by atoms with Crippen LogP contribution in [0.5, 0.6) is 0 Å². The molecule has 1 aliphatic heterocycles. The molecule has 5 rings (SSSR count). The number of aromatic amines is 1. The Morgan fingerprint density at radius 2 is 2.19 bits per heavy atom. The highest BCUT2D eigenvalue weighted by molar-refractivity contribution is 14.1. The molecule has 26 heavy (non-hydrogen) atoms. The Kier molecular flexibility index (Phi) is 3.62. The van der Waals surface area contributed by atoms with Gasteiger partial charge >= 0.3 is 0 Å². The molecule has 2 atom stereocenters. The molecule has 6 heteroatoms. The summed E-state index contributed by atoms with van der Waals surface area (Å²) in [6, 6.07) is 14.6. The number of hydrogen-bond donors (Lipinski definition) is 1. The lowest BCUT2D eigenvalue weighted by atomic mass is 9.92. The van der Waals surface area contributed by atoms with Gasteiger partial charge in [0, 0.05) is 30.6 Å². The second-order valence-electron chi connectivity index (χ2n) is 7.01. The van der Waals surface area contributed by atoms with E-state index in [0.717, 1.165) is 32.3 Å². The Hall–Kier alpha value is -1.93. The molecular formula is C20H18IN3O2. The number of para-hydroxylation sites is 1. The maximum Gasteiger partial charge on any atom is 0.238 e. The highest BCUT2D eigenvalue weighted by atomic mass is 127. The summed E-state index contributed by atoms with van der Waals surface area (Å²) in [7, 11) is 1.67. The van der Waals surface area contributed by atoms with Crippen molar-refractivity contribution in [3.8, 4) is 0 Å². The number of fused-ring (bicyclic) bond motifs is 3. The number of halogens is 1. The third-order valence-electron chi connectivity index (χ3n) is 5.72. The van der Waals surface area contributed by atoms with E-state index < -0.39 is 5.41 Å². The van der Waals surface area contributed by atoms with Crippen molar-refractivity contribution < 1.29 is 9.53 Å². The van der Waals surface area contributed by atoms with Crippen LogP contribution in [0.25, 0.3) is 10.9 Å². The van der Waals surface area contributed by atoms with Gasteiger partial charge in [-0.05, 0) is 58.3 Å². The first-order valence-corrected chi connectivity index (χ1v) is 9.78. The van der Waals surface area contributed by atoms with E-state index in [1.54, 1.807) is 7.11 Å². The summed E-state index contributed by atoms with van der Waals surface area (Å²) in [6.45, 7) is 1.14. The summed E-state index contributed by atoms with van der Waals surface area (Å²) in [6.07, 6.45) is 0.864. The molecule has 1 aliphatic carbocycles. The smallest absolute Gasteiger partial charge is 0.238 e. The van der Waals surface area contributed by atoms with E-state index in [1.807, 2.05) is 23.1 Å². The van der Waals surface area contributed by atoms with E-state index in [9.17, 15) is 4.79 Å². The molecule has 5 nitrogen and oxygen atoms in total. The lowest BCUT2D eigenvalue weighted by Gasteiger charge is -2.17. The van der Waals surface area contributed by atoms with Gasteiger partial charge in [-0.15, -0.1) is 0 Å². The summed E-state index contributed by atoms with van der Waals surface area (Å²) < 4.78 is 6.19. The van der Waals surface area contributed by atoms with Crippen molar-refractivity contribution in [2.75, 3.05) is 25.2 Å². The van der Waals surface area contributed by atoms with Gasteiger partial charge in [0.25, 0.3) is 0 Å². The Balaban J connectivity index is 1.56. The Morgan fingerprint density at radius 3 is 3.04 bits per heavy atom. The van der Waals surface area contributed by atoms with Crippen LogP contribution in [0.15, 0.2) is 42.5 Å². The SMILES string of the molecule is COCCN1C(=O)[C@@]2(C[C@H]2c2ccc3c(I)n[nH]c3c2)c2ccccc21. The van der Waals surface area contributed by atoms with Crippen LogP contribution < -0.4 is 4.90 Å². The second kappa shape index (κ2) is 5.79. The fourth-order valence-corrected chi connectivity index (χ4v) is 4.97. The molecule has 1 aromatic heterocycles. The molecule has 2 aliphatic rings. The number of carbonyl (C=O) groups is 1. The van der Waals surface area contributed by atoms with E-state index >= 15 is 0 Å². The van der Waals surface area contributed by atoms with Crippen LogP contribution in [0.1, 0.15) is 23.5 Å². The van der Waals surface area contributed by atoms with Crippen LogP contribution >= 0.6 is 22.6 Å². The van der Waals surface area contributed by atoms with Gasteiger partial charge in [-0.1, -0.05) is 24.3 Å². The number of benzene rings is 2. The number of nitrogens with zero attached hydrogens (tertiary/aromatic N) is 2. The summed E-state index contributed by atoms with van der Waals surface area (Å²) in [5, 5.41) is 8.49. The van der Waals surface area contributed by atoms with E-state index in [2.05, 4.69) is 57.1 Å². The molecule has 0 saturated heterocycles. The van der Waals surface area contributed by atoms with E-state index in [1.165, 1.54) is 5.56 Å². The summed E-state index contributed by atoms with van der Waals surface area (Å²) in [5.41, 5.74) is 4.02. The minimum atomic E-state index is -0.412. The third kappa shape index (κ3) is 2.11. The van der Waals surface area contributed by atoms with Crippen LogP contribution in [0.3, 0.4) is 0 Å². The van der Waals surface area contributed by atoms with E-state index in [0.29, 0.717) is 13.2 Å². The molecular weight excluding hydrogens is 441 g/mol. The molecule has 1 saturated carbocycles. The molecule has 1 fully saturated rings. The van der Waals surface area contributed by atoms with Crippen LogP contribution in [-0.2, 0) is 14.9 Å². The summed E-state index contributed by atoms with van der Waals surface area (Å²) in [4.78, 5) is 15.3. The van der Waals surface area contributed by atoms with Crippen molar-refractivity contribution in [3.05, 3.63) is 57.3 Å². The minimum absolute atomic E-state index is 0.208. The molecule has 132 valence electrons. The monoisotopic (exact) mass is 459 g/mol. The molecule has 1 spiro atoms. The quantitative estimate of drug-likeness (QED) is 0.607. The standard InChI is InChI=1S/C20H18IN3O2/c1-26-9-8-24-17-5-3-2-4-14(17)20(19(24)25)11-15(20)12-6-7-13-16(10-12)22-23-18(13)21/h2-7,10,15H,8-9,11H2,1H3,(H,22,23)/t15-,20-/m0/s1. The number of aromatic nitrogens is 2. The minimum Gasteiger partial charge on any atom is -0.383 e. The molecule has 1 N–H and O–H groups in total. The maximum absolute atomic E-state index is 13.4. The fourth-order valence-electron chi connectivity index (χ4n) is 4.38. The zero-order valence-electron chi connectivity index (χ0n) is 14.3. The number of H-pyrrole nitrogens is 1. The molecule has 2 heterocycles. The van der Waals surface area contributed by atoms with Crippen LogP contribution in [0.2, 0.25) is 0 Å². The van der Waals surface area contributed by atoms with Gasteiger partial charge in [-0.25, -0.2) is 0 Å². The number of amides is 1. The average Bonchev–Trinajstić information content (AvgIpc) is 3.26. The summed E-state index contributed by atoms with van der Waals surface area (Å²) >= 11 is 2.23. The number of methoxy groups -OCH3 is 1. The predicted octanol–water partition coefficient (Wildman–Crippen LogP) is 3.59. The third-order valence-corrected chi connectivity index (χ3v) is 6.55. The van der Waals surface area contributed by atoms with Gasteiger partial charge in [-0.2, -0.15) is 5.10 Å². The normalized spacial score (nSPS) is 23.8. The van der Waals surface area contributed by atoms with Gasteiger partial charge in [0.1, 0.15) is 3.70 Å². The van der Waals surface area contributed by atoms with Crippen molar-refractivity contribution in [3.63, 3.8) is 0 Å². The largest absolute Gasteiger partial charge is 0.383 e. The van der Waals surface area contributed by atoms with Crippen molar-refractivity contribution >= 4 is 45.1 Å². The van der Waals surface area contributed by atoms with Crippen molar-refractivity contribution in [1.29, 1.82) is 0 Å². The Labute approximate surface area is 164 Å². The van der Waals surface area contributed by atoms with Crippen molar-refractivity contribution in [2.45, 2.75) is 17.8 Å². The first kappa shape index (κ1) is 16.3. The first-order valence-electron chi connectivity index (χ1n) is 8.71. The number of ether oxygens (including phenoxy) is 1. The molecule has 0 radical (unpaired) electrons. The van der Waals surface area contributed by atoms with Crippen molar-refractivity contribution in [1.82, 2.24) is 10.2 Å². The van der Waals surface area contributed by atoms with Crippen LogP contribution in [-0.4, -0.2) is 36.4 Å². The Bertz CT molecular complexity index is 1030. The van der Waals surface area contributed by atoms with Gasteiger partial charge in [0.2, 0.25) is 5.91 Å². The van der Waals surface area contributed by atoms with Gasteiger partial charge in [-0.3, -0.25) is 9.89 Å². The van der Waals surface area contributed by atoms with Crippen LogP contribution in [0, 0.1) is 3.70 Å². The molecule has 2 aromatic carbocycles. The topological polar surface area (TPSA) is 58.2 Å². The number of nitrogens with one attached hydrogen (secondary N) is 1. The molecule has 0 bridgehead atoms. The second-order valence-corrected chi connectivity index (χ2v) is 8.04. The van der Waals surface area contributed by atoms with E-state index in [4.69, 9.17) is 4.74 Å². The van der Waals surface area contributed by atoms with Gasteiger partial charge in [0.15, 0.2) is 0 Å². The van der Waals surface area contributed by atoms with Crippen LogP contribution in [0.4, 0.5) is 5.69 Å². The maximum atomic E-state index is 13.4. The highest BCUT2D eigenvalue weighted by Gasteiger charge is 2.67. The lowest BCUT2D eigenvalue weighted by molar-refractivity contribution is -0.120.